The first-order chi connectivity index (χ1) is 6.66. The van der Waals surface area contributed by atoms with E-state index < -0.39 is 0 Å². The molecule has 0 heterocycles. The molecule has 0 aromatic carbocycles. The first kappa shape index (κ1) is 15.8. The number of nitrogens with zero attached hydrogens (tertiary/aromatic N) is 1. The smallest absolute Gasteiger partial charge is 0.152 e. The van der Waals surface area contributed by atoms with E-state index in [1.807, 2.05) is 6.92 Å². The maximum Gasteiger partial charge on any atom is 0.152 e. The fraction of sp³-hybridized carbons (Fsp3) is 1.00. The van der Waals surface area contributed by atoms with Gasteiger partial charge in [-0.3, -0.25) is 0 Å². The quantitative estimate of drug-likeness (QED) is 0.456. The third-order valence-corrected chi connectivity index (χ3v) is 2.48. The lowest BCUT2D eigenvalue weighted by atomic mass is 9.82. The summed E-state index contributed by atoms with van der Waals surface area (Å²) >= 11 is 0. The Hall–Kier alpha value is -0.680. The minimum absolute atomic E-state index is 0.111. The average molecular weight is 207 g/mol. The molecule has 5 nitrogen and oxygen atoms in total. The van der Waals surface area contributed by atoms with Crippen molar-refractivity contribution >= 4 is 0 Å². The highest BCUT2D eigenvalue weighted by Crippen LogP contribution is 2.27. The SMILES string of the molecule is CCCCC(CC)(CO)CO.O=NO. The summed E-state index contributed by atoms with van der Waals surface area (Å²) < 4.78 is 0. The van der Waals surface area contributed by atoms with E-state index in [0.29, 0.717) is 0 Å². The topological polar surface area (TPSA) is 90.1 Å². The standard InChI is InChI=1S/C9H20O2.HNO2/c1-3-5-6-9(4-2,7-10)8-11;2-1-3/h10-11H,3-8H2,1-2H3;(H,2,3). The summed E-state index contributed by atoms with van der Waals surface area (Å²) in [4.78, 5) is 8.11. The predicted molar refractivity (Wildman–Crippen MR) is 54.0 cm³/mol. The summed E-state index contributed by atoms with van der Waals surface area (Å²) in [6.45, 7) is 4.36. The average Bonchev–Trinajstić information content (AvgIpc) is 2.22. The number of aliphatic hydroxyl groups excluding tert-OH is 2. The molecule has 0 aromatic heterocycles. The van der Waals surface area contributed by atoms with Crippen molar-refractivity contribution in [2.75, 3.05) is 13.2 Å². The highest BCUT2D eigenvalue weighted by molar-refractivity contribution is 4.75. The van der Waals surface area contributed by atoms with Crippen molar-refractivity contribution in [1.29, 1.82) is 0 Å². The second-order valence-electron chi connectivity index (χ2n) is 3.35. The lowest BCUT2D eigenvalue weighted by Gasteiger charge is -2.27. The molecule has 3 N–H and O–H groups in total. The molecule has 0 spiro atoms. The largest absolute Gasteiger partial charge is 0.396 e. The van der Waals surface area contributed by atoms with Gasteiger partial charge in [-0.2, -0.15) is 0 Å². The van der Waals surface area contributed by atoms with E-state index in [-0.39, 0.29) is 18.6 Å². The molecular formula is C9H21NO4. The number of hydrogen-bond donors (Lipinski definition) is 3. The van der Waals surface area contributed by atoms with Gasteiger partial charge in [0.25, 0.3) is 0 Å². The molecule has 5 heteroatoms. The maximum absolute atomic E-state index is 9.04. The van der Waals surface area contributed by atoms with Crippen LogP contribution in [0.5, 0.6) is 0 Å². The third-order valence-electron chi connectivity index (χ3n) is 2.48. The van der Waals surface area contributed by atoms with Gasteiger partial charge in [0.2, 0.25) is 0 Å². The molecule has 0 amide bonds. The van der Waals surface area contributed by atoms with Crippen molar-refractivity contribution < 1.29 is 15.4 Å². The van der Waals surface area contributed by atoms with Gasteiger partial charge in [-0.1, -0.05) is 26.7 Å². The van der Waals surface area contributed by atoms with Gasteiger partial charge in [0.15, 0.2) is 5.34 Å². The molecule has 0 rings (SSSR count). The van der Waals surface area contributed by atoms with Crippen molar-refractivity contribution in [2.45, 2.75) is 39.5 Å². The minimum atomic E-state index is -0.212. The Kier molecular flexibility index (Phi) is 11.7. The van der Waals surface area contributed by atoms with Gasteiger partial charge in [-0.15, -0.1) is 4.91 Å². The highest BCUT2D eigenvalue weighted by atomic mass is 16.6. The van der Waals surface area contributed by atoms with Gasteiger partial charge in [-0.25, -0.2) is 0 Å². The molecular weight excluding hydrogens is 186 g/mol. The molecule has 0 unspecified atom stereocenters. The van der Waals surface area contributed by atoms with Crippen molar-refractivity contribution in [3.8, 4) is 0 Å². The molecule has 0 bridgehead atoms. The molecule has 0 fully saturated rings. The van der Waals surface area contributed by atoms with E-state index >= 15 is 0 Å². The van der Waals surface area contributed by atoms with Crippen molar-refractivity contribution in [2.24, 2.45) is 10.8 Å². The van der Waals surface area contributed by atoms with E-state index in [0.717, 1.165) is 25.7 Å². The lowest BCUT2D eigenvalue weighted by molar-refractivity contribution is 0.0420. The van der Waals surface area contributed by atoms with Crippen LogP contribution in [0.15, 0.2) is 5.34 Å². The second-order valence-corrected chi connectivity index (χ2v) is 3.35. The first-order valence-electron chi connectivity index (χ1n) is 4.84. The fourth-order valence-corrected chi connectivity index (χ4v) is 1.16. The number of aliphatic hydroxyl groups is 2. The molecule has 14 heavy (non-hydrogen) atoms. The number of rotatable bonds is 6. The predicted octanol–water partition coefficient (Wildman–Crippen LogP) is 1.70. The summed E-state index contributed by atoms with van der Waals surface area (Å²) in [5.74, 6) is 0. The first-order valence-corrected chi connectivity index (χ1v) is 4.84. The van der Waals surface area contributed by atoms with Crippen LogP contribution in [0.2, 0.25) is 0 Å². The van der Waals surface area contributed by atoms with Gasteiger partial charge >= 0.3 is 0 Å². The van der Waals surface area contributed by atoms with Gasteiger partial charge in [0.1, 0.15) is 0 Å². The number of hydrogen-bond acceptors (Lipinski definition) is 4. The van der Waals surface area contributed by atoms with Crippen LogP contribution in [0.1, 0.15) is 39.5 Å². The molecule has 0 radical (unpaired) electrons. The Morgan fingerprint density at radius 1 is 1.21 bits per heavy atom. The highest BCUT2D eigenvalue weighted by Gasteiger charge is 2.25. The van der Waals surface area contributed by atoms with Gasteiger partial charge in [-0.05, 0) is 12.8 Å². The maximum atomic E-state index is 9.04. The van der Waals surface area contributed by atoms with Gasteiger partial charge in [0.05, 0.1) is 13.2 Å². The van der Waals surface area contributed by atoms with Crippen molar-refractivity contribution in [3.63, 3.8) is 0 Å². The zero-order valence-corrected chi connectivity index (χ0v) is 8.94. The van der Waals surface area contributed by atoms with Crippen LogP contribution in [0.25, 0.3) is 0 Å². The molecule has 0 saturated heterocycles. The molecule has 0 atom stereocenters. The van der Waals surface area contributed by atoms with Crippen LogP contribution in [-0.4, -0.2) is 28.6 Å². The molecule has 0 saturated carbocycles. The van der Waals surface area contributed by atoms with Crippen molar-refractivity contribution in [1.82, 2.24) is 0 Å². The van der Waals surface area contributed by atoms with E-state index in [1.54, 1.807) is 0 Å². The van der Waals surface area contributed by atoms with Crippen LogP contribution in [0.4, 0.5) is 0 Å². The molecule has 0 aliphatic rings. The van der Waals surface area contributed by atoms with Crippen LogP contribution < -0.4 is 0 Å². The minimum Gasteiger partial charge on any atom is -0.396 e. The summed E-state index contributed by atoms with van der Waals surface area (Å²) in [6.07, 6.45) is 4.02. The Balaban J connectivity index is 0. The Morgan fingerprint density at radius 3 is 1.86 bits per heavy atom. The fourth-order valence-electron chi connectivity index (χ4n) is 1.16. The van der Waals surface area contributed by atoms with Gasteiger partial charge in [0, 0.05) is 5.41 Å². The Labute approximate surface area is 84.7 Å². The van der Waals surface area contributed by atoms with Crippen molar-refractivity contribution in [3.05, 3.63) is 4.91 Å². The summed E-state index contributed by atoms with van der Waals surface area (Å²) in [5, 5.41) is 26.0. The van der Waals surface area contributed by atoms with E-state index in [4.69, 9.17) is 20.3 Å². The Bertz CT molecular complexity index is 118. The summed E-state index contributed by atoms with van der Waals surface area (Å²) in [5.41, 5.74) is -0.212. The number of unbranched alkanes of at least 4 members (excludes halogenated alkanes) is 1. The van der Waals surface area contributed by atoms with Gasteiger partial charge < -0.3 is 15.4 Å². The van der Waals surface area contributed by atoms with Crippen LogP contribution in [0.3, 0.4) is 0 Å². The molecule has 0 aliphatic heterocycles. The zero-order valence-electron chi connectivity index (χ0n) is 8.94. The normalized spacial score (nSPS) is 10.3. The monoisotopic (exact) mass is 207 g/mol. The van der Waals surface area contributed by atoms with E-state index in [1.165, 1.54) is 5.34 Å². The third kappa shape index (κ3) is 6.80. The molecule has 0 aromatic rings. The lowest BCUT2D eigenvalue weighted by Crippen LogP contribution is -2.28. The summed E-state index contributed by atoms with van der Waals surface area (Å²) in [7, 11) is 0. The van der Waals surface area contributed by atoms with E-state index in [9.17, 15) is 0 Å². The van der Waals surface area contributed by atoms with Crippen LogP contribution >= 0.6 is 0 Å². The second kappa shape index (κ2) is 10.4. The zero-order chi connectivity index (χ0) is 11.4. The summed E-state index contributed by atoms with van der Waals surface area (Å²) in [6, 6.07) is 0. The molecule has 86 valence electrons. The van der Waals surface area contributed by atoms with Crippen LogP contribution in [0, 0.1) is 10.3 Å². The molecule has 0 aliphatic carbocycles. The van der Waals surface area contributed by atoms with E-state index in [2.05, 4.69) is 6.92 Å². The van der Waals surface area contributed by atoms with Crippen LogP contribution in [-0.2, 0) is 0 Å². The Morgan fingerprint density at radius 2 is 1.64 bits per heavy atom.